The molecule has 0 bridgehead atoms. The molecule has 2 aromatic heterocycles. The summed E-state index contributed by atoms with van der Waals surface area (Å²) in [6, 6.07) is 8.63. The van der Waals surface area contributed by atoms with Crippen LogP contribution in [0.15, 0.2) is 41.8 Å². The Morgan fingerprint density at radius 2 is 2.12 bits per heavy atom. The number of thiophene rings is 1. The van der Waals surface area contributed by atoms with Crippen LogP contribution in [0.5, 0.6) is 0 Å². The Bertz CT molecular complexity index is 939. The minimum absolute atomic E-state index is 0.131. The molecule has 1 aromatic carbocycles. The van der Waals surface area contributed by atoms with Crippen molar-refractivity contribution in [2.24, 2.45) is 0 Å². The van der Waals surface area contributed by atoms with E-state index in [0.717, 1.165) is 4.88 Å². The molecule has 26 heavy (non-hydrogen) atoms. The van der Waals surface area contributed by atoms with Gasteiger partial charge in [0.05, 0.1) is 17.7 Å². The van der Waals surface area contributed by atoms with Gasteiger partial charge in [-0.05, 0) is 36.6 Å². The highest BCUT2D eigenvalue weighted by molar-refractivity contribution is 7.13. The van der Waals surface area contributed by atoms with E-state index in [9.17, 15) is 14.0 Å². The molecular weight excluding hydrogens is 359 g/mol. The Morgan fingerprint density at radius 1 is 1.31 bits per heavy atom. The summed E-state index contributed by atoms with van der Waals surface area (Å²) in [7, 11) is 1.23. The van der Waals surface area contributed by atoms with Gasteiger partial charge in [0.1, 0.15) is 11.9 Å². The van der Waals surface area contributed by atoms with Crippen LogP contribution < -0.4 is 5.32 Å². The van der Waals surface area contributed by atoms with Gasteiger partial charge in [0.15, 0.2) is 5.82 Å². The molecule has 0 fully saturated rings. The number of hydrogen-bond acceptors (Lipinski definition) is 6. The first-order valence-electron chi connectivity index (χ1n) is 7.65. The van der Waals surface area contributed by atoms with E-state index in [1.807, 2.05) is 17.5 Å². The number of rotatable bonds is 5. The predicted molar refractivity (Wildman–Crippen MR) is 93.6 cm³/mol. The van der Waals surface area contributed by atoms with Gasteiger partial charge in [0, 0.05) is 0 Å². The van der Waals surface area contributed by atoms with Crippen molar-refractivity contribution in [1.29, 1.82) is 0 Å². The van der Waals surface area contributed by atoms with E-state index in [1.165, 1.54) is 42.2 Å². The zero-order valence-corrected chi connectivity index (χ0v) is 14.8. The monoisotopic (exact) mass is 374 g/mol. The highest BCUT2D eigenvalue weighted by Crippen LogP contribution is 2.25. The van der Waals surface area contributed by atoms with Crippen LogP contribution in [0.3, 0.4) is 0 Å². The fourth-order valence-corrected chi connectivity index (χ4v) is 2.96. The number of methoxy groups -OCH3 is 1. The summed E-state index contributed by atoms with van der Waals surface area (Å²) >= 11 is 1.41. The van der Waals surface area contributed by atoms with Gasteiger partial charge in [0.25, 0.3) is 5.91 Å². The summed E-state index contributed by atoms with van der Waals surface area (Å²) in [5.74, 6) is -1.37. The quantitative estimate of drug-likeness (QED) is 0.693. The number of nitrogens with one attached hydrogen (secondary N) is 1. The van der Waals surface area contributed by atoms with Crippen molar-refractivity contribution in [3.05, 3.63) is 53.4 Å². The number of ether oxygens (including phenoxy) is 1. The maximum atomic E-state index is 13.6. The van der Waals surface area contributed by atoms with Crippen LogP contribution in [-0.2, 0) is 9.53 Å². The molecule has 0 spiro atoms. The number of esters is 1. The smallest absolute Gasteiger partial charge is 0.328 e. The number of hydrogen-bond donors (Lipinski definition) is 1. The van der Waals surface area contributed by atoms with Crippen LogP contribution in [0.2, 0.25) is 0 Å². The average Bonchev–Trinajstić information content (AvgIpc) is 3.30. The molecule has 0 saturated carbocycles. The lowest BCUT2D eigenvalue weighted by Crippen LogP contribution is -2.39. The minimum Gasteiger partial charge on any atom is -0.467 e. The van der Waals surface area contributed by atoms with Crippen LogP contribution in [-0.4, -0.2) is 39.8 Å². The fraction of sp³-hybridized carbons (Fsp3) is 0.176. The largest absolute Gasteiger partial charge is 0.467 e. The molecule has 134 valence electrons. The number of benzene rings is 1. The van der Waals surface area contributed by atoms with E-state index < -0.39 is 23.7 Å². The first-order valence-corrected chi connectivity index (χ1v) is 8.53. The molecule has 0 radical (unpaired) electrons. The van der Waals surface area contributed by atoms with Gasteiger partial charge in [-0.1, -0.05) is 12.1 Å². The molecule has 3 rings (SSSR count). The van der Waals surface area contributed by atoms with Gasteiger partial charge < -0.3 is 10.1 Å². The predicted octanol–water partition coefficient (Wildman–Crippen LogP) is 2.43. The summed E-state index contributed by atoms with van der Waals surface area (Å²) in [5, 5.41) is 8.53. The van der Waals surface area contributed by atoms with E-state index in [-0.39, 0.29) is 5.82 Å². The van der Waals surface area contributed by atoms with E-state index in [1.54, 1.807) is 12.1 Å². The van der Waals surface area contributed by atoms with Gasteiger partial charge in [-0.15, -0.1) is 16.4 Å². The topological polar surface area (TPSA) is 86.1 Å². The van der Waals surface area contributed by atoms with Crippen molar-refractivity contribution in [1.82, 2.24) is 20.1 Å². The maximum Gasteiger partial charge on any atom is 0.328 e. The van der Waals surface area contributed by atoms with E-state index in [0.29, 0.717) is 11.5 Å². The van der Waals surface area contributed by atoms with Gasteiger partial charge in [0.2, 0.25) is 5.82 Å². The highest BCUT2D eigenvalue weighted by atomic mass is 32.1. The number of nitrogens with zero attached hydrogens (tertiary/aromatic N) is 3. The summed E-state index contributed by atoms with van der Waals surface area (Å²) in [5.41, 5.74) is 0.431. The van der Waals surface area contributed by atoms with Crippen LogP contribution in [0.4, 0.5) is 4.39 Å². The van der Waals surface area contributed by atoms with Crippen LogP contribution in [0.1, 0.15) is 17.5 Å². The molecule has 0 unspecified atom stereocenters. The SMILES string of the molecule is COC(=O)[C@H](C)NC(=O)c1nc(-c2cccs2)n(-c2cccc(F)c2)n1. The summed E-state index contributed by atoms with van der Waals surface area (Å²) in [6.45, 7) is 1.49. The molecule has 9 heteroatoms. The van der Waals surface area contributed by atoms with Crippen LogP contribution in [0.25, 0.3) is 16.4 Å². The number of amides is 1. The van der Waals surface area contributed by atoms with Crippen molar-refractivity contribution in [3.63, 3.8) is 0 Å². The van der Waals surface area contributed by atoms with Crippen molar-refractivity contribution in [2.75, 3.05) is 7.11 Å². The molecule has 3 aromatic rings. The number of halogens is 1. The lowest BCUT2D eigenvalue weighted by Gasteiger charge is -2.09. The zero-order chi connectivity index (χ0) is 18.7. The second-order valence-electron chi connectivity index (χ2n) is 5.35. The lowest BCUT2D eigenvalue weighted by molar-refractivity contribution is -0.142. The third kappa shape index (κ3) is 3.62. The van der Waals surface area contributed by atoms with E-state index >= 15 is 0 Å². The number of aromatic nitrogens is 3. The molecule has 0 saturated heterocycles. The molecule has 0 aliphatic heterocycles. The first kappa shape index (κ1) is 17.7. The summed E-state index contributed by atoms with van der Waals surface area (Å²) < 4.78 is 19.6. The molecule has 7 nitrogen and oxygen atoms in total. The van der Waals surface area contributed by atoms with Gasteiger partial charge in [-0.25, -0.2) is 18.9 Å². The Morgan fingerprint density at radius 3 is 2.77 bits per heavy atom. The Kier molecular flexibility index (Phi) is 5.08. The molecule has 1 N–H and O–H groups in total. The maximum absolute atomic E-state index is 13.6. The van der Waals surface area contributed by atoms with Crippen molar-refractivity contribution >= 4 is 23.2 Å². The van der Waals surface area contributed by atoms with Crippen molar-refractivity contribution in [3.8, 4) is 16.4 Å². The van der Waals surface area contributed by atoms with Crippen LogP contribution in [0, 0.1) is 5.82 Å². The Labute approximate surface area is 152 Å². The summed E-state index contributed by atoms with van der Waals surface area (Å²) in [4.78, 5) is 28.9. The molecule has 0 aliphatic carbocycles. The zero-order valence-electron chi connectivity index (χ0n) is 14.0. The standard InChI is InChI=1S/C17H15FN4O3S/c1-10(17(24)25-2)19-16(23)14-20-15(13-7-4-8-26-13)22(21-14)12-6-3-5-11(18)9-12/h3-10H,1-2H3,(H,19,23)/t10-/m0/s1. The van der Waals surface area contributed by atoms with Crippen molar-refractivity contribution < 1.29 is 18.7 Å². The Balaban J connectivity index is 1.99. The second-order valence-corrected chi connectivity index (χ2v) is 6.29. The van der Waals surface area contributed by atoms with Crippen molar-refractivity contribution in [2.45, 2.75) is 13.0 Å². The average molecular weight is 374 g/mol. The number of carbonyl (C=O) groups is 2. The molecule has 2 heterocycles. The third-order valence-corrected chi connectivity index (χ3v) is 4.37. The van der Waals surface area contributed by atoms with Gasteiger partial charge in [-0.3, -0.25) is 4.79 Å². The lowest BCUT2D eigenvalue weighted by atomic mass is 10.3. The highest BCUT2D eigenvalue weighted by Gasteiger charge is 2.23. The van der Waals surface area contributed by atoms with Gasteiger partial charge in [-0.2, -0.15) is 0 Å². The third-order valence-electron chi connectivity index (χ3n) is 3.51. The van der Waals surface area contributed by atoms with E-state index in [2.05, 4.69) is 20.1 Å². The molecule has 1 amide bonds. The number of carbonyl (C=O) groups excluding carboxylic acids is 2. The molecular formula is C17H15FN4O3S. The van der Waals surface area contributed by atoms with E-state index in [4.69, 9.17) is 0 Å². The molecule has 1 atom stereocenters. The summed E-state index contributed by atoms with van der Waals surface area (Å²) in [6.07, 6.45) is 0. The Hall–Kier alpha value is -3.07. The normalized spacial score (nSPS) is 11.8. The first-order chi connectivity index (χ1) is 12.5. The van der Waals surface area contributed by atoms with Crippen LogP contribution >= 0.6 is 11.3 Å². The minimum atomic E-state index is -0.848. The fourth-order valence-electron chi connectivity index (χ4n) is 2.26. The molecule has 0 aliphatic rings. The van der Waals surface area contributed by atoms with Gasteiger partial charge >= 0.3 is 5.97 Å². The second kappa shape index (κ2) is 7.44.